The second-order valence-corrected chi connectivity index (χ2v) is 3.53. The second kappa shape index (κ2) is 6.44. The molecule has 1 fully saturated rings. The van der Waals surface area contributed by atoms with Crippen molar-refractivity contribution in [3.05, 3.63) is 0 Å². The van der Waals surface area contributed by atoms with Crippen LogP contribution in [0.25, 0.3) is 0 Å². The Morgan fingerprint density at radius 3 is 2.58 bits per heavy atom. The van der Waals surface area contributed by atoms with Crippen molar-refractivity contribution in [3.63, 3.8) is 0 Å². The SMILES string of the molecule is CCCCCCOOC1CCC1. The number of hydrogen-bond donors (Lipinski definition) is 0. The minimum Gasteiger partial charge on any atom is -0.236 e. The van der Waals surface area contributed by atoms with Gasteiger partial charge in [-0.3, -0.25) is 0 Å². The first-order chi connectivity index (χ1) is 5.93. The summed E-state index contributed by atoms with van der Waals surface area (Å²) in [6, 6.07) is 0. The van der Waals surface area contributed by atoms with E-state index in [1.165, 1.54) is 38.5 Å². The summed E-state index contributed by atoms with van der Waals surface area (Å²) >= 11 is 0. The van der Waals surface area contributed by atoms with Crippen molar-refractivity contribution in [3.8, 4) is 0 Å². The first-order valence-electron chi connectivity index (χ1n) is 5.21. The van der Waals surface area contributed by atoms with Gasteiger partial charge in [0.25, 0.3) is 0 Å². The quantitative estimate of drug-likeness (QED) is 0.334. The topological polar surface area (TPSA) is 18.5 Å². The monoisotopic (exact) mass is 172 g/mol. The van der Waals surface area contributed by atoms with Gasteiger partial charge < -0.3 is 0 Å². The molecular formula is C10H20O2. The van der Waals surface area contributed by atoms with E-state index in [0.29, 0.717) is 6.10 Å². The molecule has 0 spiro atoms. The van der Waals surface area contributed by atoms with Crippen molar-refractivity contribution in [2.45, 2.75) is 58.0 Å². The highest BCUT2D eigenvalue weighted by Gasteiger charge is 2.18. The maximum absolute atomic E-state index is 5.16. The van der Waals surface area contributed by atoms with Crippen LogP contribution in [0.15, 0.2) is 0 Å². The lowest BCUT2D eigenvalue weighted by Crippen LogP contribution is -2.21. The molecule has 2 nitrogen and oxygen atoms in total. The highest BCUT2D eigenvalue weighted by molar-refractivity contribution is 4.67. The van der Waals surface area contributed by atoms with Gasteiger partial charge in [-0.15, -0.1) is 0 Å². The summed E-state index contributed by atoms with van der Waals surface area (Å²) in [4.78, 5) is 10.2. The Morgan fingerprint density at radius 2 is 2.00 bits per heavy atom. The molecule has 0 aromatic rings. The predicted octanol–water partition coefficient (Wildman–Crippen LogP) is 3.07. The third-order valence-corrected chi connectivity index (χ3v) is 2.34. The molecule has 1 aliphatic carbocycles. The second-order valence-electron chi connectivity index (χ2n) is 3.53. The van der Waals surface area contributed by atoms with Crippen molar-refractivity contribution >= 4 is 0 Å². The van der Waals surface area contributed by atoms with Crippen molar-refractivity contribution in [1.29, 1.82) is 0 Å². The van der Waals surface area contributed by atoms with E-state index in [1.807, 2.05) is 0 Å². The van der Waals surface area contributed by atoms with E-state index < -0.39 is 0 Å². The number of hydrogen-bond acceptors (Lipinski definition) is 2. The molecule has 1 aliphatic rings. The molecule has 0 amide bonds. The zero-order chi connectivity index (χ0) is 8.65. The summed E-state index contributed by atoms with van der Waals surface area (Å²) in [5.74, 6) is 0. The molecule has 12 heavy (non-hydrogen) atoms. The lowest BCUT2D eigenvalue weighted by atomic mass is 9.97. The smallest absolute Gasteiger partial charge is 0.0930 e. The van der Waals surface area contributed by atoms with Gasteiger partial charge in [0.2, 0.25) is 0 Å². The molecule has 2 heteroatoms. The Kier molecular flexibility index (Phi) is 5.37. The van der Waals surface area contributed by atoms with E-state index >= 15 is 0 Å². The highest BCUT2D eigenvalue weighted by Crippen LogP contribution is 2.21. The minimum absolute atomic E-state index is 0.413. The molecule has 0 bridgehead atoms. The fraction of sp³-hybridized carbons (Fsp3) is 1.00. The van der Waals surface area contributed by atoms with Gasteiger partial charge in [-0.05, 0) is 25.7 Å². The minimum atomic E-state index is 0.413. The number of unbranched alkanes of at least 4 members (excludes halogenated alkanes) is 3. The van der Waals surface area contributed by atoms with E-state index in [4.69, 9.17) is 9.78 Å². The molecule has 1 saturated carbocycles. The maximum atomic E-state index is 5.16. The molecule has 0 aromatic carbocycles. The Morgan fingerprint density at radius 1 is 1.17 bits per heavy atom. The summed E-state index contributed by atoms with van der Waals surface area (Å²) in [6.07, 6.45) is 9.10. The van der Waals surface area contributed by atoms with Crippen LogP contribution in [-0.2, 0) is 9.78 Å². The van der Waals surface area contributed by atoms with Crippen molar-refractivity contribution in [1.82, 2.24) is 0 Å². The summed E-state index contributed by atoms with van der Waals surface area (Å²) < 4.78 is 0. The first-order valence-corrected chi connectivity index (χ1v) is 5.21. The van der Waals surface area contributed by atoms with E-state index in [0.717, 1.165) is 13.0 Å². The van der Waals surface area contributed by atoms with E-state index in [2.05, 4.69) is 6.92 Å². The summed E-state index contributed by atoms with van der Waals surface area (Å²) in [5.41, 5.74) is 0. The van der Waals surface area contributed by atoms with Crippen LogP contribution in [0, 0.1) is 0 Å². The summed E-state index contributed by atoms with van der Waals surface area (Å²) in [7, 11) is 0. The van der Waals surface area contributed by atoms with Gasteiger partial charge in [0, 0.05) is 0 Å². The normalized spacial score (nSPS) is 17.8. The third-order valence-electron chi connectivity index (χ3n) is 2.34. The fourth-order valence-corrected chi connectivity index (χ4v) is 1.20. The van der Waals surface area contributed by atoms with Gasteiger partial charge in [0.15, 0.2) is 0 Å². The van der Waals surface area contributed by atoms with Gasteiger partial charge in [-0.25, -0.2) is 9.78 Å². The average molecular weight is 172 g/mol. The zero-order valence-electron chi connectivity index (χ0n) is 8.05. The van der Waals surface area contributed by atoms with Gasteiger partial charge in [-0.2, -0.15) is 0 Å². The van der Waals surface area contributed by atoms with Gasteiger partial charge >= 0.3 is 0 Å². The van der Waals surface area contributed by atoms with Crippen molar-refractivity contribution < 1.29 is 9.78 Å². The van der Waals surface area contributed by atoms with Crippen LogP contribution in [0.5, 0.6) is 0 Å². The van der Waals surface area contributed by atoms with Gasteiger partial charge in [0.1, 0.15) is 0 Å². The Balaban J connectivity index is 1.70. The number of rotatable bonds is 7. The van der Waals surface area contributed by atoms with Gasteiger partial charge in [-0.1, -0.05) is 26.2 Å². The zero-order valence-corrected chi connectivity index (χ0v) is 8.05. The molecule has 0 aliphatic heterocycles. The first kappa shape index (κ1) is 10.0. The van der Waals surface area contributed by atoms with Crippen LogP contribution >= 0.6 is 0 Å². The fourth-order valence-electron chi connectivity index (χ4n) is 1.20. The molecule has 0 atom stereocenters. The Bertz CT molecular complexity index is 100. The van der Waals surface area contributed by atoms with Crippen molar-refractivity contribution in [2.24, 2.45) is 0 Å². The molecule has 0 heterocycles. The average Bonchev–Trinajstić information content (AvgIpc) is 2.00. The van der Waals surface area contributed by atoms with E-state index in [9.17, 15) is 0 Å². The Labute approximate surface area is 75.2 Å². The van der Waals surface area contributed by atoms with Crippen LogP contribution in [0.1, 0.15) is 51.9 Å². The molecular weight excluding hydrogens is 152 g/mol. The maximum Gasteiger partial charge on any atom is 0.0930 e. The van der Waals surface area contributed by atoms with Crippen LogP contribution in [-0.4, -0.2) is 12.7 Å². The molecule has 0 N–H and O–H groups in total. The molecule has 0 aromatic heterocycles. The van der Waals surface area contributed by atoms with Crippen molar-refractivity contribution in [2.75, 3.05) is 6.61 Å². The van der Waals surface area contributed by atoms with E-state index in [1.54, 1.807) is 0 Å². The van der Waals surface area contributed by atoms with Crippen LogP contribution in [0.4, 0.5) is 0 Å². The largest absolute Gasteiger partial charge is 0.236 e. The molecule has 72 valence electrons. The third kappa shape index (κ3) is 4.07. The molecule has 0 radical (unpaired) electrons. The van der Waals surface area contributed by atoms with Crippen LogP contribution in [0.2, 0.25) is 0 Å². The standard InChI is InChI=1S/C10H20O2/c1-2-3-4-5-9-11-12-10-7-6-8-10/h10H,2-9H2,1H3. The molecule has 0 unspecified atom stereocenters. The summed E-state index contributed by atoms with van der Waals surface area (Å²) in [5, 5.41) is 0. The predicted molar refractivity (Wildman–Crippen MR) is 48.8 cm³/mol. The highest BCUT2D eigenvalue weighted by atomic mass is 17.2. The van der Waals surface area contributed by atoms with Gasteiger partial charge in [0.05, 0.1) is 12.7 Å². The molecule has 1 rings (SSSR count). The lowest BCUT2D eigenvalue weighted by Gasteiger charge is -2.23. The van der Waals surface area contributed by atoms with E-state index in [-0.39, 0.29) is 0 Å². The molecule has 0 saturated heterocycles. The van der Waals surface area contributed by atoms with Crippen LogP contribution in [0.3, 0.4) is 0 Å². The lowest BCUT2D eigenvalue weighted by molar-refractivity contribution is -0.337. The summed E-state index contributed by atoms with van der Waals surface area (Å²) in [6.45, 7) is 2.99. The van der Waals surface area contributed by atoms with Crippen LogP contribution < -0.4 is 0 Å². The Hall–Kier alpha value is -0.0800.